The maximum absolute atomic E-state index is 13.6. The Balaban J connectivity index is 2.06. The molecule has 3 unspecified atom stereocenters. The van der Waals surface area contributed by atoms with E-state index in [-0.39, 0.29) is 23.0 Å². The van der Waals surface area contributed by atoms with Crippen LogP contribution >= 0.6 is 23.2 Å². The van der Waals surface area contributed by atoms with Crippen LogP contribution in [0.2, 0.25) is 10.0 Å². The van der Waals surface area contributed by atoms with E-state index in [1.165, 1.54) is 12.1 Å². The highest BCUT2D eigenvalue weighted by atomic mass is 35.5. The van der Waals surface area contributed by atoms with E-state index in [4.69, 9.17) is 28.3 Å². The van der Waals surface area contributed by atoms with E-state index in [2.05, 4.69) is 5.32 Å². The molecule has 0 aromatic heterocycles. The first-order valence-electron chi connectivity index (χ1n) is 7.01. The molecule has 2 N–H and O–H groups in total. The Morgan fingerprint density at radius 2 is 2.10 bits per heavy atom. The fourth-order valence-electron chi connectivity index (χ4n) is 2.88. The minimum absolute atomic E-state index is 0.000410. The molecule has 0 heterocycles. The van der Waals surface area contributed by atoms with Crippen molar-refractivity contribution in [3.8, 4) is 0 Å². The lowest BCUT2D eigenvalue weighted by atomic mass is 9.85. The van der Waals surface area contributed by atoms with E-state index < -0.39 is 11.8 Å². The van der Waals surface area contributed by atoms with E-state index in [1.807, 2.05) is 6.92 Å². The number of carboxylic acid groups (broad SMARTS) is 1. The van der Waals surface area contributed by atoms with Crippen LogP contribution in [0.5, 0.6) is 0 Å². The lowest BCUT2D eigenvalue weighted by Crippen LogP contribution is -2.37. The average molecular weight is 334 g/mol. The van der Waals surface area contributed by atoms with Crippen LogP contribution in [0.3, 0.4) is 0 Å². The van der Waals surface area contributed by atoms with Crippen LogP contribution < -0.4 is 5.32 Å². The molecule has 116 valence electrons. The molecule has 21 heavy (non-hydrogen) atoms. The van der Waals surface area contributed by atoms with Gasteiger partial charge >= 0.3 is 5.97 Å². The van der Waals surface area contributed by atoms with E-state index in [1.54, 1.807) is 0 Å². The third kappa shape index (κ3) is 4.09. The highest BCUT2D eigenvalue weighted by Gasteiger charge is 2.28. The van der Waals surface area contributed by atoms with E-state index in [0.29, 0.717) is 17.0 Å². The van der Waals surface area contributed by atoms with Gasteiger partial charge in [0, 0.05) is 17.1 Å². The summed E-state index contributed by atoms with van der Waals surface area (Å²) in [6.45, 7) is 1.89. The molecule has 1 aromatic rings. The van der Waals surface area contributed by atoms with Crippen LogP contribution in [0.1, 0.15) is 44.2 Å². The van der Waals surface area contributed by atoms with Gasteiger partial charge in [-0.1, -0.05) is 29.6 Å². The summed E-state index contributed by atoms with van der Waals surface area (Å²) in [6, 6.07) is 2.67. The normalized spacial score (nSPS) is 23.8. The highest BCUT2D eigenvalue weighted by molar-refractivity contribution is 6.35. The van der Waals surface area contributed by atoms with E-state index >= 15 is 0 Å². The molecule has 0 aliphatic heterocycles. The third-order valence-electron chi connectivity index (χ3n) is 4.02. The first-order valence-corrected chi connectivity index (χ1v) is 7.77. The minimum atomic E-state index is -0.746. The van der Waals surface area contributed by atoms with E-state index in [0.717, 1.165) is 19.3 Å². The zero-order valence-electron chi connectivity index (χ0n) is 11.7. The van der Waals surface area contributed by atoms with Crippen molar-refractivity contribution >= 4 is 29.2 Å². The van der Waals surface area contributed by atoms with Gasteiger partial charge in [-0.05, 0) is 43.9 Å². The number of nitrogens with one attached hydrogen (secondary N) is 1. The Morgan fingerprint density at radius 3 is 2.76 bits per heavy atom. The zero-order valence-corrected chi connectivity index (χ0v) is 13.2. The standard InChI is InChI=1S/C15H18Cl2FNO2/c1-8(11-6-14(18)13(17)7-12(11)16)19-10-4-2-3-9(5-10)15(20)21/h6-10,19H,2-5H2,1H3,(H,20,21). The van der Waals surface area contributed by atoms with Gasteiger partial charge in [-0.15, -0.1) is 0 Å². The monoisotopic (exact) mass is 333 g/mol. The second kappa shape index (κ2) is 6.95. The fourth-order valence-corrected chi connectivity index (χ4v) is 3.43. The molecule has 3 nitrogen and oxygen atoms in total. The molecule has 0 amide bonds. The second-order valence-corrected chi connectivity index (χ2v) is 6.39. The van der Waals surface area contributed by atoms with Gasteiger partial charge in [-0.2, -0.15) is 0 Å². The summed E-state index contributed by atoms with van der Waals surface area (Å²) < 4.78 is 13.6. The van der Waals surface area contributed by atoms with Gasteiger partial charge in [-0.25, -0.2) is 4.39 Å². The van der Waals surface area contributed by atoms with Gasteiger partial charge in [-0.3, -0.25) is 4.79 Å². The van der Waals surface area contributed by atoms with Crippen LogP contribution in [0.25, 0.3) is 0 Å². The number of hydrogen-bond donors (Lipinski definition) is 2. The molecular formula is C15H18Cl2FNO2. The molecule has 0 saturated heterocycles. The molecular weight excluding hydrogens is 316 g/mol. The van der Waals surface area contributed by atoms with Crippen LogP contribution in [0.15, 0.2) is 12.1 Å². The second-order valence-electron chi connectivity index (χ2n) is 5.57. The first kappa shape index (κ1) is 16.5. The molecule has 6 heteroatoms. The van der Waals surface area contributed by atoms with Crippen molar-refractivity contribution in [1.29, 1.82) is 0 Å². The largest absolute Gasteiger partial charge is 0.481 e. The van der Waals surface area contributed by atoms with Gasteiger partial charge < -0.3 is 10.4 Å². The van der Waals surface area contributed by atoms with Crippen molar-refractivity contribution in [3.63, 3.8) is 0 Å². The summed E-state index contributed by atoms with van der Waals surface area (Å²) in [5, 5.41) is 12.9. The predicted octanol–water partition coefficient (Wildman–Crippen LogP) is 4.43. The highest BCUT2D eigenvalue weighted by Crippen LogP contribution is 2.31. The Morgan fingerprint density at radius 1 is 1.38 bits per heavy atom. The van der Waals surface area contributed by atoms with Crippen LogP contribution in [-0.2, 0) is 4.79 Å². The minimum Gasteiger partial charge on any atom is -0.481 e. The quantitative estimate of drug-likeness (QED) is 0.801. The van der Waals surface area contributed by atoms with Crippen LogP contribution in [-0.4, -0.2) is 17.1 Å². The molecule has 0 radical (unpaired) electrons. The van der Waals surface area contributed by atoms with Gasteiger partial charge in [0.2, 0.25) is 0 Å². The third-order valence-corrected chi connectivity index (χ3v) is 4.63. The number of aliphatic carboxylic acids is 1. The summed E-state index contributed by atoms with van der Waals surface area (Å²) in [6.07, 6.45) is 3.11. The summed E-state index contributed by atoms with van der Waals surface area (Å²) in [5.41, 5.74) is 0.635. The lowest BCUT2D eigenvalue weighted by molar-refractivity contribution is -0.143. The number of carbonyl (C=O) groups is 1. The van der Waals surface area contributed by atoms with E-state index in [9.17, 15) is 9.18 Å². The summed E-state index contributed by atoms with van der Waals surface area (Å²) >= 11 is 11.8. The Kier molecular flexibility index (Phi) is 5.47. The lowest BCUT2D eigenvalue weighted by Gasteiger charge is -2.30. The molecule has 0 bridgehead atoms. The Bertz CT molecular complexity index is 539. The van der Waals surface area contributed by atoms with Crippen molar-refractivity contribution < 1.29 is 14.3 Å². The summed E-state index contributed by atoms with van der Waals surface area (Å²) in [5.74, 6) is -1.55. The predicted molar refractivity (Wildman–Crippen MR) is 81.4 cm³/mol. The first-order chi connectivity index (χ1) is 9.88. The number of rotatable bonds is 4. The molecule has 1 aliphatic carbocycles. The number of halogens is 3. The molecule has 1 aliphatic rings. The molecule has 0 spiro atoms. The van der Waals surface area contributed by atoms with Crippen molar-refractivity contribution in [1.82, 2.24) is 5.32 Å². The summed E-state index contributed by atoms with van der Waals surface area (Å²) in [4.78, 5) is 11.1. The van der Waals surface area contributed by atoms with Gasteiger partial charge in [0.05, 0.1) is 10.9 Å². The van der Waals surface area contributed by atoms with Crippen molar-refractivity contribution in [2.45, 2.75) is 44.7 Å². The fraction of sp³-hybridized carbons (Fsp3) is 0.533. The summed E-state index contributed by atoms with van der Waals surface area (Å²) in [7, 11) is 0. The zero-order chi connectivity index (χ0) is 15.6. The smallest absolute Gasteiger partial charge is 0.306 e. The molecule has 1 fully saturated rings. The number of benzene rings is 1. The SMILES string of the molecule is CC(NC1CCCC(C(=O)O)C1)c1cc(F)c(Cl)cc1Cl. The van der Waals surface area contributed by atoms with Crippen LogP contribution in [0.4, 0.5) is 4.39 Å². The van der Waals surface area contributed by atoms with Crippen molar-refractivity contribution in [2.24, 2.45) is 5.92 Å². The van der Waals surface area contributed by atoms with Crippen molar-refractivity contribution in [3.05, 3.63) is 33.6 Å². The molecule has 1 saturated carbocycles. The maximum atomic E-state index is 13.6. The number of carboxylic acids is 1. The Hall–Kier alpha value is -0.840. The molecule has 1 aromatic carbocycles. The average Bonchev–Trinajstić information content (AvgIpc) is 2.43. The van der Waals surface area contributed by atoms with Crippen LogP contribution in [0, 0.1) is 11.7 Å². The van der Waals surface area contributed by atoms with Gasteiger partial charge in [0.1, 0.15) is 5.82 Å². The molecule has 2 rings (SSSR count). The topological polar surface area (TPSA) is 49.3 Å². The Labute approximate surface area is 133 Å². The van der Waals surface area contributed by atoms with Crippen molar-refractivity contribution in [2.75, 3.05) is 0 Å². The number of hydrogen-bond acceptors (Lipinski definition) is 2. The van der Waals surface area contributed by atoms with Gasteiger partial charge in [0.25, 0.3) is 0 Å². The molecule has 3 atom stereocenters. The maximum Gasteiger partial charge on any atom is 0.306 e. The van der Waals surface area contributed by atoms with Gasteiger partial charge in [0.15, 0.2) is 0 Å².